The fourth-order valence-electron chi connectivity index (χ4n) is 3.20. The summed E-state index contributed by atoms with van der Waals surface area (Å²) < 4.78 is 38.7. The number of carbonyl (C=O) groups excluding carboxylic acids is 1. The Labute approximate surface area is 160 Å². The number of halogens is 4. The van der Waals surface area contributed by atoms with Gasteiger partial charge in [-0.2, -0.15) is 13.2 Å². The highest BCUT2D eigenvalue weighted by Crippen LogP contribution is 2.36. The van der Waals surface area contributed by atoms with Crippen molar-refractivity contribution in [3.8, 4) is 0 Å². The first-order valence-electron chi connectivity index (χ1n) is 8.63. The molecule has 1 aliphatic heterocycles. The van der Waals surface area contributed by atoms with Crippen molar-refractivity contribution < 1.29 is 18.0 Å². The van der Waals surface area contributed by atoms with Crippen molar-refractivity contribution in [2.24, 2.45) is 0 Å². The number of nitrogens with one attached hydrogen (secondary N) is 2. The van der Waals surface area contributed by atoms with Crippen LogP contribution < -0.4 is 10.6 Å². The zero-order valence-corrected chi connectivity index (χ0v) is 15.1. The molecular formula is C19H19ClF3N3O. The Balaban J connectivity index is 1.55. The number of hydrogen-bond donors (Lipinski definition) is 2. The molecule has 144 valence electrons. The van der Waals surface area contributed by atoms with Gasteiger partial charge >= 0.3 is 6.18 Å². The molecule has 0 aliphatic carbocycles. The van der Waals surface area contributed by atoms with E-state index in [1.54, 1.807) is 6.20 Å². The van der Waals surface area contributed by atoms with Gasteiger partial charge in [0, 0.05) is 30.9 Å². The van der Waals surface area contributed by atoms with Crippen LogP contribution >= 0.6 is 11.6 Å². The average molecular weight is 398 g/mol. The highest BCUT2D eigenvalue weighted by atomic mass is 35.5. The van der Waals surface area contributed by atoms with Crippen LogP contribution in [0.5, 0.6) is 0 Å². The normalized spacial score (nSPS) is 19.9. The Morgan fingerprint density at radius 1 is 1.22 bits per heavy atom. The molecule has 0 spiro atoms. The fourth-order valence-corrected chi connectivity index (χ4v) is 3.50. The van der Waals surface area contributed by atoms with E-state index >= 15 is 0 Å². The predicted molar refractivity (Wildman–Crippen MR) is 96.2 cm³/mol. The molecule has 2 heterocycles. The minimum absolute atomic E-state index is 0.0509. The third-order valence-corrected chi connectivity index (χ3v) is 5.02. The Kier molecular flexibility index (Phi) is 6.01. The number of hydrogen-bond acceptors (Lipinski definition) is 3. The fraction of sp³-hybridized carbons (Fsp3) is 0.368. The van der Waals surface area contributed by atoms with E-state index in [4.69, 9.17) is 11.6 Å². The summed E-state index contributed by atoms with van der Waals surface area (Å²) in [6, 6.07) is 9.16. The number of nitrogens with zero attached hydrogens (tertiary/aromatic N) is 1. The van der Waals surface area contributed by atoms with Gasteiger partial charge in [-0.1, -0.05) is 29.8 Å². The summed E-state index contributed by atoms with van der Waals surface area (Å²) in [6.07, 6.45) is -0.571. The molecule has 1 saturated heterocycles. The van der Waals surface area contributed by atoms with Crippen molar-refractivity contribution in [3.63, 3.8) is 0 Å². The molecule has 0 saturated carbocycles. The maximum Gasteiger partial charge on any atom is 0.417 e. The monoisotopic (exact) mass is 397 g/mol. The Hall–Kier alpha value is -2.12. The molecule has 2 atom stereocenters. The van der Waals surface area contributed by atoms with E-state index in [9.17, 15) is 18.0 Å². The molecule has 1 unspecified atom stereocenters. The van der Waals surface area contributed by atoms with Crippen molar-refractivity contribution in [3.05, 3.63) is 64.4 Å². The molecule has 8 heteroatoms. The maximum absolute atomic E-state index is 12.9. The van der Waals surface area contributed by atoms with Crippen LogP contribution in [0.2, 0.25) is 5.02 Å². The van der Waals surface area contributed by atoms with E-state index in [2.05, 4.69) is 15.6 Å². The summed E-state index contributed by atoms with van der Waals surface area (Å²) in [6.45, 7) is -0.0509. The standard InChI is InChI=1S/C19H19ClF3N3O/c20-17-12(4-3-6-15(17)19(21,22)23)11-25-18(27)16-8-7-14(26-16)10-13-5-1-2-9-24-13/h1-6,9,14,16,26H,7-8,10-11H2,(H,25,27)/t14?,16-/m0/s1. The largest absolute Gasteiger partial charge is 0.417 e. The van der Waals surface area contributed by atoms with E-state index in [0.717, 1.165) is 24.6 Å². The molecule has 1 aliphatic rings. The zero-order chi connectivity index (χ0) is 19.4. The SMILES string of the molecule is O=C(NCc1cccc(C(F)(F)F)c1Cl)[C@@H]1CCC(Cc2ccccn2)N1. The topological polar surface area (TPSA) is 54.0 Å². The van der Waals surface area contributed by atoms with E-state index in [-0.39, 0.29) is 35.1 Å². The molecule has 0 radical (unpaired) electrons. The molecule has 1 amide bonds. The number of amides is 1. The first-order chi connectivity index (χ1) is 12.8. The molecule has 1 aromatic carbocycles. The molecule has 2 N–H and O–H groups in total. The first kappa shape index (κ1) is 19.6. The minimum atomic E-state index is -4.52. The third-order valence-electron chi connectivity index (χ3n) is 4.58. The number of rotatable bonds is 5. The summed E-state index contributed by atoms with van der Waals surface area (Å²) in [5.74, 6) is -0.244. The maximum atomic E-state index is 12.9. The van der Waals surface area contributed by atoms with Gasteiger partial charge in [0.05, 0.1) is 16.6 Å². The molecule has 0 bridgehead atoms. The highest BCUT2D eigenvalue weighted by Gasteiger charge is 2.34. The van der Waals surface area contributed by atoms with Crippen molar-refractivity contribution in [1.82, 2.24) is 15.6 Å². The lowest BCUT2D eigenvalue weighted by Crippen LogP contribution is -2.43. The lowest BCUT2D eigenvalue weighted by atomic mass is 10.1. The van der Waals surface area contributed by atoms with Crippen LogP contribution in [0.1, 0.15) is 29.7 Å². The van der Waals surface area contributed by atoms with Crippen LogP contribution in [-0.4, -0.2) is 23.0 Å². The molecule has 4 nitrogen and oxygen atoms in total. The molecular weight excluding hydrogens is 379 g/mol. The van der Waals surface area contributed by atoms with Gasteiger partial charge in [0.25, 0.3) is 0 Å². The van der Waals surface area contributed by atoms with Crippen LogP contribution in [0.15, 0.2) is 42.6 Å². The number of alkyl halides is 3. The van der Waals surface area contributed by atoms with Crippen LogP contribution in [0.3, 0.4) is 0 Å². The second-order valence-electron chi connectivity index (χ2n) is 6.51. The van der Waals surface area contributed by atoms with Gasteiger partial charge in [-0.25, -0.2) is 0 Å². The molecule has 27 heavy (non-hydrogen) atoms. The van der Waals surface area contributed by atoms with Crippen molar-refractivity contribution >= 4 is 17.5 Å². The predicted octanol–water partition coefficient (Wildman–Crippen LogP) is 3.73. The van der Waals surface area contributed by atoms with E-state index in [1.165, 1.54) is 12.1 Å². The number of benzene rings is 1. The van der Waals surface area contributed by atoms with Gasteiger partial charge in [0.2, 0.25) is 5.91 Å². The van der Waals surface area contributed by atoms with Crippen LogP contribution in [0.4, 0.5) is 13.2 Å². The molecule has 1 aromatic heterocycles. The second kappa shape index (κ2) is 8.27. The first-order valence-corrected chi connectivity index (χ1v) is 9.00. The lowest BCUT2D eigenvalue weighted by molar-refractivity contribution is -0.137. The summed E-state index contributed by atoms with van der Waals surface area (Å²) in [5, 5.41) is 5.56. The average Bonchev–Trinajstić information content (AvgIpc) is 3.09. The summed E-state index contributed by atoms with van der Waals surface area (Å²) in [7, 11) is 0. The van der Waals surface area contributed by atoms with Crippen molar-refractivity contribution in [2.75, 3.05) is 0 Å². The van der Waals surface area contributed by atoms with Gasteiger partial charge in [-0.05, 0) is 36.6 Å². The van der Waals surface area contributed by atoms with E-state index in [1.807, 2.05) is 18.2 Å². The van der Waals surface area contributed by atoms with Gasteiger partial charge < -0.3 is 10.6 Å². The summed E-state index contributed by atoms with van der Waals surface area (Å²) >= 11 is 5.86. The Morgan fingerprint density at radius 3 is 2.74 bits per heavy atom. The summed E-state index contributed by atoms with van der Waals surface area (Å²) in [4.78, 5) is 16.6. The Morgan fingerprint density at radius 2 is 2.04 bits per heavy atom. The quantitative estimate of drug-likeness (QED) is 0.808. The highest BCUT2D eigenvalue weighted by molar-refractivity contribution is 6.32. The minimum Gasteiger partial charge on any atom is -0.351 e. The number of aromatic nitrogens is 1. The smallest absolute Gasteiger partial charge is 0.351 e. The van der Waals surface area contributed by atoms with Crippen LogP contribution in [0, 0.1) is 0 Å². The Bertz CT molecular complexity index is 799. The van der Waals surface area contributed by atoms with Gasteiger partial charge in [0.1, 0.15) is 0 Å². The summed E-state index contributed by atoms with van der Waals surface area (Å²) in [5.41, 5.74) is 0.292. The molecule has 1 fully saturated rings. The van der Waals surface area contributed by atoms with Crippen LogP contribution in [0.25, 0.3) is 0 Å². The van der Waals surface area contributed by atoms with Gasteiger partial charge in [-0.15, -0.1) is 0 Å². The molecule has 3 rings (SSSR count). The van der Waals surface area contributed by atoms with E-state index < -0.39 is 11.7 Å². The van der Waals surface area contributed by atoms with Crippen molar-refractivity contribution in [2.45, 2.75) is 44.1 Å². The molecule has 2 aromatic rings. The number of carbonyl (C=O) groups is 1. The van der Waals surface area contributed by atoms with Crippen LogP contribution in [-0.2, 0) is 23.9 Å². The van der Waals surface area contributed by atoms with Gasteiger partial charge in [-0.3, -0.25) is 9.78 Å². The van der Waals surface area contributed by atoms with Crippen molar-refractivity contribution in [1.29, 1.82) is 0 Å². The zero-order valence-electron chi connectivity index (χ0n) is 14.4. The number of pyridine rings is 1. The van der Waals surface area contributed by atoms with Gasteiger partial charge in [0.15, 0.2) is 0 Å². The second-order valence-corrected chi connectivity index (χ2v) is 6.89. The lowest BCUT2D eigenvalue weighted by Gasteiger charge is -2.16. The third kappa shape index (κ3) is 4.99. The van der Waals surface area contributed by atoms with E-state index in [0.29, 0.717) is 6.42 Å².